The summed E-state index contributed by atoms with van der Waals surface area (Å²) in [6.07, 6.45) is 7.97. The van der Waals surface area contributed by atoms with Gasteiger partial charge in [-0.2, -0.15) is 0 Å². The highest BCUT2D eigenvalue weighted by molar-refractivity contribution is 6.31. The van der Waals surface area contributed by atoms with Gasteiger partial charge in [0.1, 0.15) is 0 Å². The normalized spacial score (nSPS) is 13.0. The van der Waals surface area contributed by atoms with Gasteiger partial charge in [0.25, 0.3) is 0 Å². The molecule has 0 saturated carbocycles. The van der Waals surface area contributed by atoms with Crippen molar-refractivity contribution in [1.29, 1.82) is 0 Å². The van der Waals surface area contributed by atoms with Gasteiger partial charge in [0, 0.05) is 11.8 Å². The fourth-order valence-electron chi connectivity index (χ4n) is 0.339. The molecule has 0 aliphatic heterocycles. The summed E-state index contributed by atoms with van der Waals surface area (Å²) in [5, 5.41) is 0.484. The highest BCUT2D eigenvalue weighted by Crippen LogP contribution is 2.02. The van der Waals surface area contributed by atoms with Gasteiger partial charge in [-0.1, -0.05) is 17.5 Å². The molecule has 0 aromatic carbocycles. The highest BCUT2D eigenvalue weighted by Gasteiger charge is 1.81. The summed E-state index contributed by atoms with van der Waals surface area (Å²) in [7, 11) is 0. The zero-order valence-corrected chi connectivity index (χ0v) is 5.94. The molecule has 0 heterocycles. The maximum Gasteiger partial charge on any atom is 0.0506 e. The number of hydrogen-bond acceptors (Lipinski definition) is 1. The molecule has 48 valence electrons. The maximum atomic E-state index is 5.54. The predicted octanol–water partition coefficient (Wildman–Crippen LogP) is 1.60. The smallest absolute Gasteiger partial charge is 0.0506 e. The van der Waals surface area contributed by atoms with Crippen LogP contribution in [0.5, 0.6) is 0 Å². The molecule has 2 N–H and O–H groups in total. The van der Waals surface area contributed by atoms with Crippen LogP contribution in [0.15, 0.2) is 22.9 Å². The van der Waals surface area contributed by atoms with Gasteiger partial charge in [-0.15, -0.1) is 6.42 Å². The van der Waals surface area contributed by atoms with E-state index >= 15 is 0 Å². The van der Waals surface area contributed by atoms with E-state index in [1.165, 1.54) is 6.08 Å². The molecule has 0 fully saturated rings. The Hall–Kier alpha value is -0.870. The van der Waals surface area contributed by atoms with Crippen molar-refractivity contribution in [2.75, 3.05) is 0 Å². The number of rotatable bonds is 1. The zero-order valence-electron chi connectivity index (χ0n) is 5.19. The van der Waals surface area contributed by atoms with E-state index < -0.39 is 0 Å². The predicted molar refractivity (Wildman–Crippen MR) is 40.7 cm³/mol. The summed E-state index contributed by atoms with van der Waals surface area (Å²) in [5.74, 6) is 2.28. The van der Waals surface area contributed by atoms with Gasteiger partial charge >= 0.3 is 0 Å². The first-order chi connectivity index (χ1) is 4.16. The van der Waals surface area contributed by atoms with Gasteiger partial charge in [0.2, 0.25) is 0 Å². The summed E-state index contributed by atoms with van der Waals surface area (Å²) in [5.41, 5.74) is 5.94. The molecule has 0 saturated heterocycles. The van der Waals surface area contributed by atoms with E-state index in [1.807, 2.05) is 0 Å². The van der Waals surface area contributed by atoms with Crippen LogP contribution in [0.1, 0.15) is 6.92 Å². The number of terminal acetylenes is 1. The van der Waals surface area contributed by atoms with Gasteiger partial charge in [-0.05, 0) is 13.0 Å². The number of nitrogens with two attached hydrogens (primary N) is 1. The van der Waals surface area contributed by atoms with Crippen molar-refractivity contribution in [3.8, 4) is 12.3 Å². The van der Waals surface area contributed by atoms with Crippen molar-refractivity contribution in [2.24, 2.45) is 5.73 Å². The fourth-order valence-corrected chi connectivity index (χ4v) is 0.574. The van der Waals surface area contributed by atoms with E-state index in [0.717, 1.165) is 0 Å². The van der Waals surface area contributed by atoms with Crippen LogP contribution in [-0.4, -0.2) is 0 Å². The van der Waals surface area contributed by atoms with Crippen molar-refractivity contribution in [2.45, 2.75) is 6.92 Å². The molecule has 0 bridgehead atoms. The van der Waals surface area contributed by atoms with Crippen LogP contribution >= 0.6 is 11.6 Å². The number of allylic oxidation sites excluding steroid dienone is 4. The SMILES string of the molecule is C#C/C=C(Cl)\C=C(/C)N. The van der Waals surface area contributed by atoms with E-state index in [-0.39, 0.29) is 0 Å². The van der Waals surface area contributed by atoms with Gasteiger partial charge in [-0.25, -0.2) is 0 Å². The van der Waals surface area contributed by atoms with Gasteiger partial charge in [-0.3, -0.25) is 0 Å². The monoisotopic (exact) mass is 141 g/mol. The van der Waals surface area contributed by atoms with Crippen molar-refractivity contribution in [1.82, 2.24) is 0 Å². The molecule has 0 unspecified atom stereocenters. The summed E-state index contributed by atoms with van der Waals surface area (Å²) >= 11 is 5.54. The number of halogens is 1. The minimum atomic E-state index is 0.484. The van der Waals surface area contributed by atoms with E-state index in [1.54, 1.807) is 13.0 Å². The third-order valence-electron chi connectivity index (χ3n) is 0.587. The van der Waals surface area contributed by atoms with Crippen LogP contribution < -0.4 is 5.73 Å². The van der Waals surface area contributed by atoms with Gasteiger partial charge in [0.15, 0.2) is 0 Å². The summed E-state index contributed by atoms with van der Waals surface area (Å²) < 4.78 is 0. The lowest BCUT2D eigenvalue weighted by Gasteiger charge is -1.86. The second-order valence-electron chi connectivity index (χ2n) is 1.58. The maximum absolute atomic E-state index is 5.54. The van der Waals surface area contributed by atoms with E-state index in [4.69, 9.17) is 23.8 Å². The molecule has 0 aliphatic carbocycles. The van der Waals surface area contributed by atoms with Gasteiger partial charge in [0.05, 0.1) is 5.03 Å². The van der Waals surface area contributed by atoms with E-state index in [9.17, 15) is 0 Å². The lowest BCUT2D eigenvalue weighted by molar-refractivity contribution is 1.31. The van der Waals surface area contributed by atoms with Crippen LogP contribution in [-0.2, 0) is 0 Å². The first-order valence-corrected chi connectivity index (χ1v) is 2.80. The molecule has 0 rings (SSSR count). The van der Waals surface area contributed by atoms with Gasteiger partial charge < -0.3 is 5.73 Å². The quantitative estimate of drug-likeness (QED) is 0.436. The zero-order chi connectivity index (χ0) is 7.28. The first-order valence-electron chi connectivity index (χ1n) is 2.42. The van der Waals surface area contributed by atoms with E-state index in [2.05, 4.69) is 5.92 Å². The third kappa shape index (κ3) is 4.99. The Bertz CT molecular complexity index is 180. The second kappa shape index (κ2) is 4.05. The fraction of sp³-hybridized carbons (Fsp3) is 0.143. The lowest BCUT2D eigenvalue weighted by atomic mass is 10.4. The van der Waals surface area contributed by atoms with Crippen LogP contribution in [0.2, 0.25) is 0 Å². The molecule has 0 aromatic rings. The summed E-state index contributed by atoms with van der Waals surface area (Å²) in [6.45, 7) is 1.74. The molecule has 0 aliphatic rings. The van der Waals surface area contributed by atoms with Crippen molar-refractivity contribution >= 4 is 11.6 Å². The van der Waals surface area contributed by atoms with Crippen molar-refractivity contribution < 1.29 is 0 Å². The summed E-state index contributed by atoms with van der Waals surface area (Å²) in [6, 6.07) is 0. The topological polar surface area (TPSA) is 26.0 Å². The average Bonchev–Trinajstić information content (AvgIpc) is 1.63. The Morgan fingerprint density at radius 3 is 2.67 bits per heavy atom. The Kier molecular flexibility index (Phi) is 3.66. The largest absolute Gasteiger partial charge is 0.402 e. The van der Waals surface area contributed by atoms with Crippen molar-refractivity contribution in [3.05, 3.63) is 22.9 Å². The standard InChI is InChI=1S/C7H8ClN/c1-3-4-7(8)5-6(2)9/h1,4-5H,9H2,2H3/b6-5+,7-4+. The first kappa shape index (κ1) is 8.13. The second-order valence-corrected chi connectivity index (χ2v) is 2.02. The Balaban J connectivity index is 4.11. The average molecular weight is 142 g/mol. The Labute approximate surface area is 60.2 Å². The third-order valence-corrected chi connectivity index (χ3v) is 0.805. The molecular formula is C7H8ClN. The molecule has 0 spiro atoms. The molecule has 0 radical (unpaired) electrons. The van der Waals surface area contributed by atoms with Crippen LogP contribution in [0, 0.1) is 12.3 Å². The van der Waals surface area contributed by atoms with Crippen LogP contribution in [0.25, 0.3) is 0 Å². The molecule has 0 aromatic heterocycles. The van der Waals surface area contributed by atoms with Crippen LogP contribution in [0.3, 0.4) is 0 Å². The Morgan fingerprint density at radius 2 is 2.33 bits per heavy atom. The highest BCUT2D eigenvalue weighted by atomic mass is 35.5. The molecule has 0 amide bonds. The minimum Gasteiger partial charge on any atom is -0.402 e. The van der Waals surface area contributed by atoms with E-state index in [0.29, 0.717) is 10.7 Å². The Morgan fingerprint density at radius 1 is 1.78 bits per heavy atom. The van der Waals surface area contributed by atoms with Crippen molar-refractivity contribution in [3.63, 3.8) is 0 Å². The minimum absolute atomic E-state index is 0.484. The molecule has 2 heteroatoms. The molecule has 0 atom stereocenters. The van der Waals surface area contributed by atoms with Crippen LogP contribution in [0.4, 0.5) is 0 Å². The number of hydrogen-bond donors (Lipinski definition) is 1. The summed E-state index contributed by atoms with van der Waals surface area (Å²) in [4.78, 5) is 0. The lowest BCUT2D eigenvalue weighted by Crippen LogP contribution is -1.88. The molecule has 1 nitrogen and oxygen atoms in total. The molecular weight excluding hydrogens is 134 g/mol. The molecule has 9 heavy (non-hydrogen) atoms.